The topological polar surface area (TPSA) is 88.1 Å². The first-order valence-electron chi connectivity index (χ1n) is 7.25. The molecule has 2 N–H and O–H groups in total. The molecule has 21 heavy (non-hydrogen) atoms. The van der Waals surface area contributed by atoms with Gasteiger partial charge in [-0.05, 0) is 26.7 Å². The predicted molar refractivity (Wildman–Crippen MR) is 77.3 cm³/mol. The summed E-state index contributed by atoms with van der Waals surface area (Å²) in [5.41, 5.74) is -0.381. The van der Waals surface area contributed by atoms with Crippen molar-refractivity contribution in [2.24, 2.45) is 0 Å². The van der Waals surface area contributed by atoms with Gasteiger partial charge >= 0.3 is 12.0 Å². The zero-order valence-corrected chi connectivity index (χ0v) is 13.1. The van der Waals surface area contributed by atoms with E-state index in [1.54, 1.807) is 12.0 Å². The zero-order chi connectivity index (χ0) is 15.9. The van der Waals surface area contributed by atoms with Crippen molar-refractivity contribution in [3.05, 3.63) is 0 Å². The van der Waals surface area contributed by atoms with E-state index in [1.807, 2.05) is 13.8 Å². The van der Waals surface area contributed by atoms with Crippen LogP contribution in [0.1, 0.15) is 33.1 Å². The molecule has 0 atom stereocenters. The second-order valence-corrected chi connectivity index (χ2v) is 5.82. The highest BCUT2D eigenvalue weighted by Gasteiger charge is 2.25. The van der Waals surface area contributed by atoms with E-state index >= 15 is 0 Å². The third-order valence-corrected chi connectivity index (χ3v) is 3.62. The lowest BCUT2D eigenvalue weighted by Crippen LogP contribution is -2.49. The minimum absolute atomic E-state index is 0.0206. The minimum atomic E-state index is -0.854. The number of hydrogen-bond acceptors (Lipinski definition) is 4. The average molecular weight is 302 g/mol. The number of nitrogens with one attached hydrogen (secondary N) is 1. The Labute approximate surface area is 125 Å². The molecule has 0 aromatic carbocycles. The van der Waals surface area contributed by atoms with Gasteiger partial charge in [-0.2, -0.15) is 0 Å². The number of likely N-dealkylation sites (tertiary alicyclic amines) is 1. The summed E-state index contributed by atoms with van der Waals surface area (Å²) in [6, 6.07) is -0.0934. The summed E-state index contributed by atoms with van der Waals surface area (Å²) in [6.45, 7) is 5.76. The van der Waals surface area contributed by atoms with Crippen molar-refractivity contribution in [1.82, 2.24) is 10.2 Å². The third-order valence-electron chi connectivity index (χ3n) is 3.62. The van der Waals surface area contributed by atoms with Gasteiger partial charge in [-0.3, -0.25) is 4.79 Å². The molecule has 2 amide bonds. The van der Waals surface area contributed by atoms with E-state index in [4.69, 9.17) is 14.6 Å². The number of ether oxygens (including phenoxy) is 2. The highest BCUT2D eigenvalue weighted by Crippen LogP contribution is 2.14. The molecule has 7 heteroatoms. The number of carbonyl (C=O) groups is 2. The minimum Gasteiger partial charge on any atom is -0.481 e. The molecule has 0 spiro atoms. The Morgan fingerprint density at radius 3 is 2.48 bits per heavy atom. The Kier molecular flexibility index (Phi) is 6.91. The predicted octanol–water partition coefficient (Wildman–Crippen LogP) is 1.08. The third kappa shape index (κ3) is 6.77. The molecule has 1 rings (SSSR count). The Hall–Kier alpha value is -1.34. The maximum Gasteiger partial charge on any atom is 0.317 e. The van der Waals surface area contributed by atoms with Crippen LogP contribution in [0.4, 0.5) is 4.79 Å². The van der Waals surface area contributed by atoms with Gasteiger partial charge in [0.2, 0.25) is 0 Å². The van der Waals surface area contributed by atoms with Crippen LogP contribution in [0.2, 0.25) is 0 Å². The standard InChI is InChI=1S/C14H26N2O5/c1-14(2,20-3)10-15-13(19)16-7-4-11(5-8-16)21-9-6-12(17)18/h11H,4-10H2,1-3H3,(H,15,19)(H,17,18). The van der Waals surface area contributed by atoms with Gasteiger partial charge in [-0.15, -0.1) is 0 Å². The lowest BCUT2D eigenvalue weighted by molar-refractivity contribution is -0.138. The summed E-state index contributed by atoms with van der Waals surface area (Å²) in [5, 5.41) is 11.4. The Balaban J connectivity index is 2.23. The van der Waals surface area contributed by atoms with Gasteiger partial charge in [0.1, 0.15) is 0 Å². The molecule has 0 bridgehead atoms. The number of carboxylic acids is 1. The number of nitrogens with zero attached hydrogens (tertiary/aromatic N) is 1. The van der Waals surface area contributed by atoms with Crippen LogP contribution in [0.3, 0.4) is 0 Å². The first-order valence-corrected chi connectivity index (χ1v) is 7.25. The number of aliphatic carboxylic acids is 1. The van der Waals surface area contributed by atoms with Gasteiger partial charge < -0.3 is 24.8 Å². The van der Waals surface area contributed by atoms with Crippen LogP contribution in [-0.4, -0.2) is 67.1 Å². The fourth-order valence-corrected chi connectivity index (χ4v) is 2.01. The van der Waals surface area contributed by atoms with Crippen molar-refractivity contribution in [2.75, 3.05) is 33.4 Å². The van der Waals surface area contributed by atoms with E-state index in [9.17, 15) is 9.59 Å². The van der Waals surface area contributed by atoms with Crippen LogP contribution in [0.5, 0.6) is 0 Å². The van der Waals surface area contributed by atoms with Crippen LogP contribution >= 0.6 is 0 Å². The number of carbonyl (C=O) groups excluding carboxylic acids is 1. The summed E-state index contributed by atoms with van der Waals surface area (Å²) >= 11 is 0. The molecule has 122 valence electrons. The molecule has 1 aliphatic heterocycles. The van der Waals surface area contributed by atoms with Crippen LogP contribution in [0.15, 0.2) is 0 Å². The normalized spacial score (nSPS) is 16.8. The first kappa shape index (κ1) is 17.7. The van der Waals surface area contributed by atoms with Crippen molar-refractivity contribution >= 4 is 12.0 Å². The quantitative estimate of drug-likeness (QED) is 0.734. The van der Waals surface area contributed by atoms with Crippen LogP contribution in [0.25, 0.3) is 0 Å². The molecule has 1 fully saturated rings. The van der Waals surface area contributed by atoms with Gasteiger partial charge in [-0.1, -0.05) is 0 Å². The lowest BCUT2D eigenvalue weighted by Gasteiger charge is -2.33. The number of piperidine rings is 1. The fourth-order valence-electron chi connectivity index (χ4n) is 2.01. The highest BCUT2D eigenvalue weighted by atomic mass is 16.5. The summed E-state index contributed by atoms with van der Waals surface area (Å²) in [7, 11) is 1.62. The lowest BCUT2D eigenvalue weighted by atomic mass is 10.1. The van der Waals surface area contributed by atoms with Crippen molar-refractivity contribution in [3.8, 4) is 0 Å². The summed E-state index contributed by atoms with van der Waals surface area (Å²) in [5.74, 6) is -0.854. The molecule has 0 unspecified atom stereocenters. The van der Waals surface area contributed by atoms with Crippen molar-refractivity contribution in [1.29, 1.82) is 0 Å². The van der Waals surface area contributed by atoms with Gasteiger partial charge in [0.05, 0.1) is 24.7 Å². The van der Waals surface area contributed by atoms with Gasteiger partial charge in [-0.25, -0.2) is 4.79 Å². The number of carboxylic acid groups (broad SMARTS) is 1. The number of urea groups is 1. The van der Waals surface area contributed by atoms with E-state index in [0.29, 0.717) is 19.6 Å². The molecular formula is C14H26N2O5. The van der Waals surface area contributed by atoms with Crippen LogP contribution in [0, 0.1) is 0 Å². The molecule has 7 nitrogen and oxygen atoms in total. The average Bonchev–Trinajstić information content (AvgIpc) is 2.45. The number of amides is 2. The number of hydrogen-bond donors (Lipinski definition) is 2. The zero-order valence-electron chi connectivity index (χ0n) is 13.1. The van der Waals surface area contributed by atoms with Crippen molar-refractivity contribution in [3.63, 3.8) is 0 Å². The fraction of sp³-hybridized carbons (Fsp3) is 0.857. The molecule has 0 saturated carbocycles. The largest absolute Gasteiger partial charge is 0.481 e. The summed E-state index contributed by atoms with van der Waals surface area (Å²) in [4.78, 5) is 24.2. The van der Waals surface area contributed by atoms with Crippen molar-refractivity contribution in [2.45, 2.75) is 44.8 Å². The van der Waals surface area contributed by atoms with Crippen molar-refractivity contribution < 1.29 is 24.2 Å². The van der Waals surface area contributed by atoms with E-state index < -0.39 is 5.97 Å². The van der Waals surface area contributed by atoms with Gasteiger partial charge in [0.15, 0.2) is 0 Å². The van der Waals surface area contributed by atoms with Crippen LogP contribution in [-0.2, 0) is 14.3 Å². The highest BCUT2D eigenvalue weighted by molar-refractivity contribution is 5.74. The first-order chi connectivity index (χ1) is 9.84. The Morgan fingerprint density at radius 1 is 1.33 bits per heavy atom. The summed E-state index contributed by atoms with van der Waals surface area (Å²) in [6.07, 6.45) is 1.54. The molecule has 0 aromatic heterocycles. The Bertz CT molecular complexity index is 351. The smallest absolute Gasteiger partial charge is 0.317 e. The van der Waals surface area contributed by atoms with Crippen LogP contribution < -0.4 is 5.32 Å². The molecule has 1 heterocycles. The van der Waals surface area contributed by atoms with E-state index in [1.165, 1.54) is 0 Å². The van der Waals surface area contributed by atoms with Gasteiger partial charge in [0.25, 0.3) is 0 Å². The maximum atomic E-state index is 12.0. The molecule has 0 aromatic rings. The molecule has 0 radical (unpaired) electrons. The second kappa shape index (κ2) is 8.19. The van der Waals surface area contributed by atoms with E-state index in [0.717, 1.165) is 12.8 Å². The second-order valence-electron chi connectivity index (χ2n) is 5.82. The number of rotatable bonds is 7. The molecular weight excluding hydrogens is 276 g/mol. The van der Waals surface area contributed by atoms with E-state index in [2.05, 4.69) is 5.32 Å². The van der Waals surface area contributed by atoms with E-state index in [-0.39, 0.29) is 30.8 Å². The maximum absolute atomic E-state index is 12.0. The summed E-state index contributed by atoms with van der Waals surface area (Å²) < 4.78 is 10.7. The SMILES string of the molecule is COC(C)(C)CNC(=O)N1CCC(OCCC(=O)O)CC1. The molecule has 1 aliphatic rings. The molecule has 1 saturated heterocycles. The monoisotopic (exact) mass is 302 g/mol. The Morgan fingerprint density at radius 2 is 1.95 bits per heavy atom. The number of methoxy groups -OCH3 is 1. The van der Waals surface area contributed by atoms with Gasteiger partial charge in [0, 0.05) is 26.7 Å². The molecule has 0 aliphatic carbocycles.